The van der Waals surface area contributed by atoms with Gasteiger partial charge in [-0.15, -0.1) is 11.3 Å². The van der Waals surface area contributed by atoms with Gasteiger partial charge in [0.25, 0.3) is 0 Å². The van der Waals surface area contributed by atoms with E-state index in [1.54, 1.807) is 12.0 Å². The quantitative estimate of drug-likeness (QED) is 0.0982. The molecular formula is C49H61N4O7PS. The highest BCUT2D eigenvalue weighted by Crippen LogP contribution is 2.74. The summed E-state index contributed by atoms with van der Waals surface area (Å²) in [6.45, 7) is 4.26. The van der Waals surface area contributed by atoms with Crippen LogP contribution < -0.4 is 14.8 Å². The first kappa shape index (κ1) is 44.2. The molecule has 8 rings (SSSR count). The number of anilines is 1. The molecule has 2 aromatic heterocycles. The van der Waals surface area contributed by atoms with Gasteiger partial charge in [-0.1, -0.05) is 81.0 Å². The second kappa shape index (κ2) is 19.2. The van der Waals surface area contributed by atoms with Gasteiger partial charge in [0.05, 0.1) is 42.2 Å². The number of methoxy groups -OCH3 is 1. The number of hydrogen-bond acceptors (Lipinski definition) is 10. The van der Waals surface area contributed by atoms with Crippen molar-refractivity contribution < 1.29 is 33.3 Å². The lowest BCUT2D eigenvalue weighted by Crippen LogP contribution is -2.45. The van der Waals surface area contributed by atoms with Crippen LogP contribution in [0.1, 0.15) is 109 Å². The molecule has 11 nitrogen and oxygen atoms in total. The van der Waals surface area contributed by atoms with Crippen LogP contribution in [0.5, 0.6) is 11.5 Å². The molecule has 62 heavy (non-hydrogen) atoms. The van der Waals surface area contributed by atoms with Gasteiger partial charge in [0.15, 0.2) is 10.9 Å². The molecule has 0 bridgehead atoms. The summed E-state index contributed by atoms with van der Waals surface area (Å²) in [7, 11) is -2.31. The summed E-state index contributed by atoms with van der Waals surface area (Å²) in [4.78, 5) is 67.0. The fourth-order valence-electron chi connectivity index (χ4n) is 10.1. The van der Waals surface area contributed by atoms with E-state index >= 15 is 4.79 Å². The molecule has 6 atom stereocenters. The summed E-state index contributed by atoms with van der Waals surface area (Å²) in [5.74, 6) is 0.484. The molecule has 4 aromatic rings. The van der Waals surface area contributed by atoms with E-state index in [4.69, 9.17) is 19.4 Å². The number of pyridine rings is 1. The van der Waals surface area contributed by atoms with Crippen molar-refractivity contribution in [2.75, 3.05) is 19.0 Å². The van der Waals surface area contributed by atoms with Crippen molar-refractivity contribution in [1.82, 2.24) is 14.9 Å². The number of Topliss-reactive ketones (excluding diaryl/α,β-unsaturated/α-hetero) is 2. The van der Waals surface area contributed by atoms with Crippen molar-refractivity contribution in [3.63, 3.8) is 0 Å². The predicted octanol–water partition coefficient (Wildman–Crippen LogP) is 10.4. The summed E-state index contributed by atoms with van der Waals surface area (Å²) >= 11 is 1.50. The third-order valence-electron chi connectivity index (χ3n) is 13.5. The Balaban J connectivity index is 1.13. The molecule has 0 radical (unpaired) electrons. The average molecular weight is 881 g/mol. The minimum atomic E-state index is -3.92. The molecule has 4 heterocycles. The number of hydrogen-bond donors (Lipinski definition) is 2. The van der Waals surface area contributed by atoms with Crippen LogP contribution in [0.4, 0.5) is 5.13 Å². The first-order valence-corrected chi connectivity index (χ1v) is 25.4. The number of aromatic nitrogens is 2. The van der Waals surface area contributed by atoms with Crippen LogP contribution in [-0.4, -0.2) is 74.2 Å². The Hall–Kier alpha value is -4.38. The maximum absolute atomic E-state index is 15.0. The molecule has 1 unspecified atom stereocenters. The van der Waals surface area contributed by atoms with E-state index in [9.17, 15) is 19.0 Å². The number of allylic oxidation sites excluding steroid dienone is 2. The number of amides is 1. The Morgan fingerprint density at radius 3 is 2.56 bits per heavy atom. The van der Waals surface area contributed by atoms with Gasteiger partial charge < -0.3 is 24.6 Å². The Kier molecular flexibility index (Phi) is 13.7. The van der Waals surface area contributed by atoms with Crippen molar-refractivity contribution in [3.05, 3.63) is 77.7 Å². The standard InChI is InChI=1S/C49H61N4O7PS/c1-32(2)50-48-52-43(31-62-48)42-26-46(40-21-20-38(59-3)24-41(40)51-42)60-39-25-44-45(55)28-49(61(57,58)30-34-16-8-7-9-17-34)27-36(49)19-11-6-4-5-10-18-35(47(56)53(44)29-39)23-37(54)22-33-14-12-13-15-33/h7-9,11,16-17,19-21,24,26,31-33,35-36,39,44H,4-6,10,12-15,18,22-23,25,27-30H2,1-3H3,(H,50,52)(H,57,58)/b19-11-/t35-,36-,39-,44+,49-/m1/s1. The third-order valence-corrected chi connectivity index (χ3v) is 17.1. The number of rotatable bonds is 13. The number of fused-ring (bicyclic) bond motifs is 3. The lowest BCUT2D eigenvalue weighted by Gasteiger charge is -2.30. The molecular weight excluding hydrogens is 820 g/mol. The largest absolute Gasteiger partial charge is 0.497 e. The number of ketones is 2. The molecule has 330 valence electrons. The molecule has 3 fully saturated rings. The van der Waals surface area contributed by atoms with Gasteiger partial charge >= 0.3 is 0 Å². The Labute approximate surface area is 369 Å². The maximum atomic E-state index is 15.0. The smallest absolute Gasteiger partial charge is 0.226 e. The van der Waals surface area contributed by atoms with E-state index < -0.39 is 30.6 Å². The number of nitrogens with zero attached hydrogens (tertiary/aromatic N) is 3. The van der Waals surface area contributed by atoms with Crippen LogP contribution in [0, 0.1) is 17.8 Å². The Morgan fingerprint density at radius 2 is 1.79 bits per heavy atom. The number of carbonyl (C=O) groups excluding carboxylic acids is 3. The number of carbonyl (C=O) groups is 3. The van der Waals surface area contributed by atoms with E-state index in [0.29, 0.717) is 53.6 Å². The zero-order valence-corrected chi connectivity index (χ0v) is 38.0. The number of benzene rings is 2. The van der Waals surface area contributed by atoms with Gasteiger partial charge in [-0.25, -0.2) is 9.97 Å². The maximum Gasteiger partial charge on any atom is 0.226 e. The molecule has 2 aliphatic carbocycles. The molecule has 0 spiro atoms. The Bertz CT molecular complexity index is 2330. The molecule has 1 amide bonds. The molecule has 2 aromatic carbocycles. The highest BCUT2D eigenvalue weighted by atomic mass is 32.1. The van der Waals surface area contributed by atoms with E-state index in [1.165, 1.54) is 11.3 Å². The van der Waals surface area contributed by atoms with Crippen LogP contribution in [0.2, 0.25) is 0 Å². The van der Waals surface area contributed by atoms with Gasteiger partial charge in [0, 0.05) is 60.5 Å². The SMILES string of the molecule is COc1ccc2c(O[C@@H]3C[C@H]4C(=O)C[C@]5(P(=O)(O)Cc6ccccc6)C[C@H]5/C=C\CCCCC[C@H](CC(=O)CC5CCCC5)C(=O)N4C3)cc(-c3csc(NC(C)C)n3)nc2c1. The van der Waals surface area contributed by atoms with Crippen molar-refractivity contribution in [1.29, 1.82) is 0 Å². The van der Waals surface area contributed by atoms with E-state index in [0.717, 1.165) is 67.4 Å². The predicted molar refractivity (Wildman–Crippen MR) is 245 cm³/mol. The van der Waals surface area contributed by atoms with Crippen LogP contribution in [-0.2, 0) is 25.1 Å². The summed E-state index contributed by atoms with van der Waals surface area (Å²) in [5.41, 5.74) is 2.70. The molecule has 2 aliphatic heterocycles. The van der Waals surface area contributed by atoms with Crippen LogP contribution in [0.3, 0.4) is 0 Å². The van der Waals surface area contributed by atoms with Crippen molar-refractivity contribution in [2.45, 2.75) is 133 Å². The zero-order chi connectivity index (χ0) is 43.4. The van der Waals surface area contributed by atoms with Crippen molar-refractivity contribution in [2.24, 2.45) is 17.8 Å². The number of nitrogens with one attached hydrogen (secondary N) is 1. The fourth-order valence-corrected chi connectivity index (χ4v) is 13.4. The average Bonchev–Trinajstić information content (AvgIpc) is 3.66. The van der Waals surface area contributed by atoms with Gasteiger partial charge in [0.2, 0.25) is 13.3 Å². The topological polar surface area (TPSA) is 148 Å². The summed E-state index contributed by atoms with van der Waals surface area (Å²) in [5, 5.41) is 5.72. The first-order valence-electron chi connectivity index (χ1n) is 22.7. The minimum absolute atomic E-state index is 0.0219. The molecule has 1 saturated heterocycles. The molecule has 13 heteroatoms. The second-order valence-corrected chi connectivity index (χ2v) is 21.9. The second-order valence-electron chi connectivity index (χ2n) is 18.5. The lowest BCUT2D eigenvalue weighted by molar-refractivity contribution is -0.142. The third kappa shape index (κ3) is 10.0. The van der Waals surface area contributed by atoms with E-state index in [-0.39, 0.29) is 61.4 Å². The zero-order valence-electron chi connectivity index (χ0n) is 36.3. The fraction of sp³-hybridized carbons (Fsp3) is 0.531. The normalized spacial score (nSPS) is 26.3. The highest BCUT2D eigenvalue weighted by Gasteiger charge is 2.65. The van der Waals surface area contributed by atoms with Crippen molar-refractivity contribution in [3.8, 4) is 22.9 Å². The van der Waals surface area contributed by atoms with Crippen LogP contribution >= 0.6 is 18.7 Å². The number of ether oxygens (including phenoxy) is 2. The van der Waals surface area contributed by atoms with E-state index in [2.05, 4.69) is 31.3 Å². The monoisotopic (exact) mass is 880 g/mol. The van der Waals surface area contributed by atoms with Gasteiger partial charge in [0.1, 0.15) is 29.1 Å². The lowest BCUT2D eigenvalue weighted by atomic mass is 9.89. The van der Waals surface area contributed by atoms with Crippen LogP contribution in [0.15, 0.2) is 72.1 Å². The summed E-state index contributed by atoms with van der Waals surface area (Å²) in [6.07, 6.45) is 13.1. The van der Waals surface area contributed by atoms with Crippen LogP contribution in [0.25, 0.3) is 22.3 Å². The summed E-state index contributed by atoms with van der Waals surface area (Å²) in [6, 6.07) is 16.1. The molecule has 2 saturated carbocycles. The minimum Gasteiger partial charge on any atom is -0.497 e. The van der Waals surface area contributed by atoms with Gasteiger partial charge in [-0.05, 0) is 69.1 Å². The first-order chi connectivity index (χ1) is 29.9. The highest BCUT2D eigenvalue weighted by molar-refractivity contribution is 7.59. The summed E-state index contributed by atoms with van der Waals surface area (Å²) < 4.78 is 27.1. The van der Waals surface area contributed by atoms with E-state index in [1.807, 2.05) is 60.0 Å². The molecule has 2 N–H and O–H groups in total. The Morgan fingerprint density at radius 1 is 1.00 bits per heavy atom. The van der Waals surface area contributed by atoms with Crippen molar-refractivity contribution >= 4 is 52.2 Å². The van der Waals surface area contributed by atoms with Gasteiger partial charge in [-0.3, -0.25) is 18.9 Å². The number of thiazole rings is 1. The van der Waals surface area contributed by atoms with Gasteiger partial charge in [-0.2, -0.15) is 0 Å². The molecule has 4 aliphatic rings.